The molecule has 4 nitrogen and oxygen atoms in total. The molecule has 1 unspecified atom stereocenters. The van der Waals surface area contributed by atoms with Crippen molar-refractivity contribution in [2.24, 2.45) is 0 Å². The summed E-state index contributed by atoms with van der Waals surface area (Å²) < 4.78 is 148. The van der Waals surface area contributed by atoms with Crippen molar-refractivity contribution in [2.75, 3.05) is 0 Å². The molecule has 47 heavy (non-hydrogen) atoms. The Bertz CT molecular complexity index is 1730. The zero-order valence-electron chi connectivity index (χ0n) is 24.4. The number of alkyl halides is 7. The largest absolute Gasteiger partial charge is 0.488 e. The van der Waals surface area contributed by atoms with E-state index in [1.807, 2.05) is 0 Å². The van der Waals surface area contributed by atoms with Crippen LogP contribution in [0, 0.1) is 17.5 Å². The van der Waals surface area contributed by atoms with Gasteiger partial charge in [0, 0.05) is 18.1 Å². The average molecular weight is 674 g/mol. The number of hydrogen-bond acceptors (Lipinski definition) is 3. The normalized spacial score (nSPS) is 13.4. The quantitative estimate of drug-likeness (QED) is 0.162. The van der Waals surface area contributed by atoms with Crippen LogP contribution in [0.3, 0.4) is 0 Å². The summed E-state index contributed by atoms with van der Waals surface area (Å²) in [6.07, 6.45) is -15.6. The van der Waals surface area contributed by atoms with Crippen molar-refractivity contribution in [3.63, 3.8) is 0 Å². The summed E-state index contributed by atoms with van der Waals surface area (Å²) in [4.78, 5) is 13.8. The lowest BCUT2D eigenvalue weighted by Gasteiger charge is -2.37. The van der Waals surface area contributed by atoms with Crippen molar-refractivity contribution in [3.8, 4) is 11.5 Å². The van der Waals surface area contributed by atoms with Crippen molar-refractivity contribution in [3.05, 3.63) is 130 Å². The van der Waals surface area contributed by atoms with Crippen molar-refractivity contribution in [1.29, 1.82) is 0 Å². The van der Waals surface area contributed by atoms with E-state index >= 15 is 4.39 Å². The van der Waals surface area contributed by atoms with E-state index in [1.165, 1.54) is 12.1 Å². The molecular formula is C33H25F10NO3. The fraction of sp³-hybridized carbons (Fsp3) is 0.242. The van der Waals surface area contributed by atoms with Crippen molar-refractivity contribution >= 4 is 5.91 Å². The molecule has 0 aliphatic carbocycles. The second-order valence-electron chi connectivity index (χ2n) is 10.7. The van der Waals surface area contributed by atoms with Gasteiger partial charge in [0.15, 0.2) is 11.6 Å². The van der Waals surface area contributed by atoms with Gasteiger partial charge in [-0.15, -0.1) is 0 Å². The van der Waals surface area contributed by atoms with Crippen LogP contribution in [-0.4, -0.2) is 24.5 Å². The summed E-state index contributed by atoms with van der Waals surface area (Å²) >= 11 is 0. The van der Waals surface area contributed by atoms with Crippen LogP contribution in [0.4, 0.5) is 43.9 Å². The first kappa shape index (κ1) is 35.1. The fourth-order valence-corrected chi connectivity index (χ4v) is 4.79. The van der Waals surface area contributed by atoms with Crippen LogP contribution in [0.1, 0.15) is 46.5 Å². The Morgan fingerprint density at radius 3 is 2.06 bits per heavy atom. The molecule has 1 N–H and O–H groups in total. The molecule has 0 saturated carbocycles. The third-order valence-electron chi connectivity index (χ3n) is 6.83. The zero-order chi connectivity index (χ0) is 34.7. The summed E-state index contributed by atoms with van der Waals surface area (Å²) in [6, 6.07) is 14.2. The summed E-state index contributed by atoms with van der Waals surface area (Å²) in [7, 11) is 0. The Kier molecular flexibility index (Phi) is 10.1. The molecule has 250 valence electrons. The van der Waals surface area contributed by atoms with E-state index in [9.17, 15) is 44.3 Å². The third kappa shape index (κ3) is 8.16. The van der Waals surface area contributed by atoms with Gasteiger partial charge in [-0.3, -0.25) is 4.79 Å². The third-order valence-corrected chi connectivity index (χ3v) is 6.83. The summed E-state index contributed by atoms with van der Waals surface area (Å²) in [6.45, 7) is 3.13. The Hall–Kier alpha value is -4.75. The van der Waals surface area contributed by atoms with E-state index in [0.717, 1.165) is 36.4 Å². The number of hydrogen-bond donors (Lipinski definition) is 1. The molecule has 0 spiro atoms. The molecule has 4 rings (SSSR count). The van der Waals surface area contributed by atoms with Crippen LogP contribution >= 0.6 is 0 Å². The molecule has 4 aromatic carbocycles. The molecule has 0 heterocycles. The fourth-order valence-electron chi connectivity index (χ4n) is 4.79. The second kappa shape index (κ2) is 13.5. The highest BCUT2D eigenvalue weighted by molar-refractivity contribution is 5.95. The summed E-state index contributed by atoms with van der Waals surface area (Å²) in [5.41, 5.74) is -4.80. The minimum absolute atomic E-state index is 0.0953. The molecule has 1 atom stereocenters. The molecule has 0 aromatic heterocycles. The van der Waals surface area contributed by atoms with E-state index in [0.29, 0.717) is 17.7 Å². The Morgan fingerprint density at radius 1 is 0.787 bits per heavy atom. The summed E-state index contributed by atoms with van der Waals surface area (Å²) in [5, 5.41) is 2.50. The Balaban J connectivity index is 2.02. The minimum Gasteiger partial charge on any atom is -0.488 e. The van der Waals surface area contributed by atoms with Gasteiger partial charge in [0.2, 0.25) is 0 Å². The SMILES string of the molecule is CC(C)Oc1cc(C(Cc2ccccc2)(NC(=O)c2ccc(F)c(C(F)(F)F)c2)c2cc(F)cc(OC(F)(F)C(F)F)c2)ccc1F. The highest BCUT2D eigenvalue weighted by Crippen LogP contribution is 2.40. The monoisotopic (exact) mass is 673 g/mol. The van der Waals surface area contributed by atoms with Gasteiger partial charge in [-0.05, 0) is 73.0 Å². The maximum atomic E-state index is 15.1. The van der Waals surface area contributed by atoms with Gasteiger partial charge in [0.25, 0.3) is 5.91 Å². The van der Waals surface area contributed by atoms with Gasteiger partial charge >= 0.3 is 18.7 Å². The van der Waals surface area contributed by atoms with Gasteiger partial charge in [0.1, 0.15) is 17.4 Å². The predicted octanol–water partition coefficient (Wildman–Crippen LogP) is 9.06. The smallest absolute Gasteiger partial charge is 0.461 e. The number of amides is 1. The van der Waals surface area contributed by atoms with E-state index in [2.05, 4.69) is 10.1 Å². The van der Waals surface area contributed by atoms with Crippen LogP contribution in [0.15, 0.2) is 84.9 Å². The van der Waals surface area contributed by atoms with E-state index in [-0.39, 0.29) is 17.4 Å². The standard InChI is InChI=1S/C33H25F10NO3/c1-18(2)46-28-15-21(9-11-27(28)36)31(17-19-6-4-3-5-7-19,22-13-23(34)16-24(14-22)47-33(42,43)30(37)38)44-29(45)20-8-10-26(35)25(12-20)32(39,40)41/h3-16,18,30H,17H2,1-2H3,(H,44,45). The van der Waals surface area contributed by atoms with Crippen molar-refractivity contribution in [1.82, 2.24) is 5.32 Å². The lowest BCUT2D eigenvalue weighted by molar-refractivity contribution is -0.253. The zero-order valence-corrected chi connectivity index (χ0v) is 24.4. The molecule has 0 bridgehead atoms. The molecule has 0 saturated heterocycles. The van der Waals surface area contributed by atoms with Crippen LogP contribution < -0.4 is 14.8 Å². The molecule has 14 heteroatoms. The lowest BCUT2D eigenvalue weighted by Crippen LogP contribution is -2.49. The number of rotatable bonds is 11. The number of carbonyl (C=O) groups excluding carboxylic acids is 1. The van der Waals surface area contributed by atoms with Crippen molar-refractivity contribution in [2.45, 2.75) is 50.6 Å². The van der Waals surface area contributed by atoms with Gasteiger partial charge in [-0.2, -0.15) is 30.7 Å². The lowest BCUT2D eigenvalue weighted by atomic mass is 9.77. The van der Waals surface area contributed by atoms with Crippen LogP contribution in [-0.2, 0) is 18.1 Å². The average Bonchev–Trinajstić information content (AvgIpc) is 2.97. The van der Waals surface area contributed by atoms with Gasteiger partial charge in [0.05, 0.1) is 17.2 Å². The maximum absolute atomic E-state index is 15.1. The first-order valence-corrected chi connectivity index (χ1v) is 13.8. The molecule has 0 aliphatic heterocycles. The van der Waals surface area contributed by atoms with E-state index in [4.69, 9.17) is 4.74 Å². The number of halogens is 10. The minimum atomic E-state index is -5.20. The van der Waals surface area contributed by atoms with Gasteiger partial charge in [-0.1, -0.05) is 36.4 Å². The Morgan fingerprint density at radius 2 is 1.45 bits per heavy atom. The topological polar surface area (TPSA) is 47.6 Å². The molecule has 0 fully saturated rings. The molecule has 0 radical (unpaired) electrons. The first-order chi connectivity index (χ1) is 21.9. The molecular weight excluding hydrogens is 648 g/mol. The molecule has 1 amide bonds. The van der Waals surface area contributed by atoms with E-state index < -0.39 is 82.6 Å². The number of benzene rings is 4. The van der Waals surface area contributed by atoms with Crippen LogP contribution in [0.25, 0.3) is 0 Å². The number of nitrogens with one attached hydrogen (secondary N) is 1. The molecule has 0 aliphatic rings. The molecule has 4 aromatic rings. The van der Waals surface area contributed by atoms with E-state index in [1.54, 1.807) is 32.0 Å². The van der Waals surface area contributed by atoms with Gasteiger partial charge in [-0.25, -0.2) is 13.2 Å². The van der Waals surface area contributed by atoms with Crippen LogP contribution in [0.5, 0.6) is 11.5 Å². The number of carbonyl (C=O) groups is 1. The second-order valence-corrected chi connectivity index (χ2v) is 10.7. The van der Waals surface area contributed by atoms with Crippen molar-refractivity contribution < 1.29 is 58.2 Å². The Labute approximate surface area is 261 Å². The maximum Gasteiger partial charge on any atom is 0.461 e. The first-order valence-electron chi connectivity index (χ1n) is 13.8. The summed E-state index contributed by atoms with van der Waals surface area (Å²) in [5.74, 6) is -6.61. The number of ether oxygens (including phenoxy) is 2. The van der Waals surface area contributed by atoms with Crippen LogP contribution in [0.2, 0.25) is 0 Å². The predicted molar refractivity (Wildman–Crippen MR) is 150 cm³/mol. The highest BCUT2D eigenvalue weighted by atomic mass is 19.4. The van der Waals surface area contributed by atoms with Gasteiger partial charge < -0.3 is 14.8 Å². The highest BCUT2D eigenvalue weighted by Gasteiger charge is 2.45.